The minimum absolute atomic E-state index is 0.224. The molecule has 0 saturated carbocycles. The Labute approximate surface area is 128 Å². The summed E-state index contributed by atoms with van der Waals surface area (Å²) in [5.41, 5.74) is 0.802. The van der Waals surface area contributed by atoms with E-state index < -0.39 is 5.60 Å². The second-order valence-corrected chi connectivity index (χ2v) is 6.52. The molecule has 4 nitrogen and oxygen atoms in total. The monoisotopic (exact) mass is 292 g/mol. The molecule has 0 fully saturated rings. The first-order valence-electron chi connectivity index (χ1n) is 7.68. The first kappa shape index (κ1) is 17.5. The van der Waals surface area contributed by atoms with Gasteiger partial charge >= 0.3 is 6.09 Å². The van der Waals surface area contributed by atoms with Crippen LogP contribution in [0, 0.1) is 5.92 Å². The Morgan fingerprint density at radius 3 is 2.67 bits per heavy atom. The van der Waals surface area contributed by atoms with E-state index in [0.29, 0.717) is 12.5 Å². The van der Waals surface area contributed by atoms with Gasteiger partial charge in [0, 0.05) is 25.5 Å². The Hall–Kier alpha value is -1.58. The molecule has 0 N–H and O–H groups in total. The molecule has 1 rings (SSSR count). The van der Waals surface area contributed by atoms with Gasteiger partial charge in [0.25, 0.3) is 0 Å². The summed E-state index contributed by atoms with van der Waals surface area (Å²) in [6, 6.07) is 4.05. The quantitative estimate of drug-likeness (QED) is 0.798. The third-order valence-corrected chi connectivity index (χ3v) is 3.23. The number of rotatable bonds is 6. The Balaban J connectivity index is 2.42. The third kappa shape index (κ3) is 7.11. The number of hydrogen-bond acceptors (Lipinski definition) is 3. The van der Waals surface area contributed by atoms with Gasteiger partial charge in [-0.2, -0.15) is 0 Å². The third-order valence-electron chi connectivity index (χ3n) is 3.23. The fourth-order valence-corrected chi connectivity index (χ4v) is 2.10. The number of ether oxygens (including phenoxy) is 1. The number of amides is 1. The second kappa shape index (κ2) is 8.01. The molecule has 21 heavy (non-hydrogen) atoms. The Morgan fingerprint density at radius 1 is 1.43 bits per heavy atom. The van der Waals surface area contributed by atoms with Crippen LogP contribution in [0.5, 0.6) is 0 Å². The van der Waals surface area contributed by atoms with Crippen LogP contribution in [-0.4, -0.2) is 34.7 Å². The smallest absolute Gasteiger partial charge is 0.410 e. The maximum atomic E-state index is 12.1. The van der Waals surface area contributed by atoms with Crippen LogP contribution < -0.4 is 0 Å². The van der Waals surface area contributed by atoms with Gasteiger partial charge in [0.2, 0.25) is 0 Å². The van der Waals surface area contributed by atoms with E-state index in [1.54, 1.807) is 11.1 Å². The van der Waals surface area contributed by atoms with E-state index in [9.17, 15) is 4.79 Å². The van der Waals surface area contributed by atoms with E-state index in [-0.39, 0.29) is 6.09 Å². The molecule has 1 unspecified atom stereocenters. The average Bonchev–Trinajstić information content (AvgIpc) is 2.38. The fourth-order valence-electron chi connectivity index (χ4n) is 2.10. The van der Waals surface area contributed by atoms with Crippen LogP contribution in [0.1, 0.15) is 46.6 Å². The summed E-state index contributed by atoms with van der Waals surface area (Å²) in [6.45, 7) is 11.3. The molecule has 0 aliphatic rings. The van der Waals surface area contributed by atoms with E-state index in [2.05, 4.69) is 18.0 Å². The molecular formula is C17H28N2O2. The Morgan fingerprint density at radius 2 is 2.14 bits per heavy atom. The molecule has 4 heteroatoms. The summed E-state index contributed by atoms with van der Waals surface area (Å²) in [7, 11) is 0. The lowest BCUT2D eigenvalue weighted by Crippen LogP contribution is -2.37. The summed E-state index contributed by atoms with van der Waals surface area (Å²) in [6.07, 6.45) is 5.41. The summed E-state index contributed by atoms with van der Waals surface area (Å²) >= 11 is 0. The van der Waals surface area contributed by atoms with Crippen molar-refractivity contribution in [2.75, 3.05) is 13.1 Å². The van der Waals surface area contributed by atoms with Crippen LogP contribution in [0.4, 0.5) is 4.79 Å². The molecule has 1 atom stereocenters. The lowest BCUT2D eigenvalue weighted by molar-refractivity contribution is 0.0252. The van der Waals surface area contributed by atoms with Crippen LogP contribution in [-0.2, 0) is 11.2 Å². The highest BCUT2D eigenvalue weighted by molar-refractivity contribution is 5.68. The van der Waals surface area contributed by atoms with Gasteiger partial charge in [-0.05, 0) is 58.1 Å². The summed E-state index contributed by atoms with van der Waals surface area (Å²) in [5.74, 6) is 0.505. The van der Waals surface area contributed by atoms with Gasteiger partial charge in [0.15, 0.2) is 0 Å². The molecule has 0 aliphatic carbocycles. The van der Waals surface area contributed by atoms with Crippen molar-refractivity contribution in [2.24, 2.45) is 5.92 Å². The number of aromatic nitrogens is 1. The maximum Gasteiger partial charge on any atom is 0.410 e. The minimum Gasteiger partial charge on any atom is -0.444 e. The summed E-state index contributed by atoms with van der Waals surface area (Å²) in [4.78, 5) is 18.0. The first-order valence-corrected chi connectivity index (χ1v) is 7.68. The van der Waals surface area contributed by atoms with E-state index >= 15 is 0 Å². The average molecular weight is 292 g/mol. The number of nitrogens with zero attached hydrogens (tertiary/aromatic N) is 2. The normalized spacial score (nSPS) is 12.8. The van der Waals surface area contributed by atoms with Crippen molar-refractivity contribution in [1.82, 2.24) is 9.88 Å². The van der Waals surface area contributed by atoms with Crippen molar-refractivity contribution in [2.45, 2.75) is 53.1 Å². The molecule has 0 radical (unpaired) electrons. The van der Waals surface area contributed by atoms with Gasteiger partial charge in [0.05, 0.1) is 0 Å². The molecule has 0 spiro atoms. The topological polar surface area (TPSA) is 42.4 Å². The fraction of sp³-hybridized carbons (Fsp3) is 0.647. The highest BCUT2D eigenvalue weighted by Gasteiger charge is 2.21. The van der Waals surface area contributed by atoms with Gasteiger partial charge in [-0.15, -0.1) is 0 Å². The minimum atomic E-state index is -0.439. The summed E-state index contributed by atoms with van der Waals surface area (Å²) < 4.78 is 5.42. The molecule has 1 aromatic rings. The van der Waals surface area contributed by atoms with Crippen LogP contribution in [0.15, 0.2) is 24.5 Å². The zero-order chi connectivity index (χ0) is 15.9. The lowest BCUT2D eigenvalue weighted by atomic mass is 9.99. The van der Waals surface area contributed by atoms with Crippen LogP contribution >= 0.6 is 0 Å². The number of carbonyl (C=O) groups excluding carboxylic acids is 1. The van der Waals surface area contributed by atoms with Gasteiger partial charge in [-0.1, -0.05) is 13.0 Å². The zero-order valence-electron chi connectivity index (χ0n) is 13.9. The number of pyridine rings is 1. The number of hydrogen-bond donors (Lipinski definition) is 0. The van der Waals surface area contributed by atoms with Gasteiger partial charge in [-0.25, -0.2) is 4.79 Å². The highest BCUT2D eigenvalue weighted by atomic mass is 16.6. The molecule has 0 saturated heterocycles. The van der Waals surface area contributed by atoms with E-state index in [1.807, 2.05) is 40.0 Å². The SMILES string of the molecule is CCN(CCC(C)Cc1cccnc1)C(=O)OC(C)(C)C. The van der Waals surface area contributed by atoms with Crippen molar-refractivity contribution in [3.8, 4) is 0 Å². The van der Waals surface area contributed by atoms with Crippen molar-refractivity contribution in [3.05, 3.63) is 30.1 Å². The van der Waals surface area contributed by atoms with Gasteiger partial charge < -0.3 is 9.64 Å². The van der Waals surface area contributed by atoms with E-state index in [1.165, 1.54) is 5.56 Å². The highest BCUT2D eigenvalue weighted by Crippen LogP contribution is 2.14. The largest absolute Gasteiger partial charge is 0.444 e. The predicted molar refractivity (Wildman–Crippen MR) is 85.2 cm³/mol. The predicted octanol–water partition coefficient (Wildman–Crippen LogP) is 3.91. The maximum absolute atomic E-state index is 12.1. The zero-order valence-corrected chi connectivity index (χ0v) is 13.9. The molecule has 0 aromatic carbocycles. The molecule has 0 bridgehead atoms. The molecule has 0 aliphatic heterocycles. The van der Waals surface area contributed by atoms with Crippen LogP contribution in [0.2, 0.25) is 0 Å². The van der Waals surface area contributed by atoms with Gasteiger partial charge in [0.1, 0.15) is 5.60 Å². The van der Waals surface area contributed by atoms with E-state index in [0.717, 1.165) is 19.4 Å². The molecule has 1 aromatic heterocycles. The van der Waals surface area contributed by atoms with Crippen LogP contribution in [0.3, 0.4) is 0 Å². The van der Waals surface area contributed by atoms with Crippen molar-refractivity contribution in [1.29, 1.82) is 0 Å². The Kier molecular flexibility index (Phi) is 6.66. The second-order valence-electron chi connectivity index (χ2n) is 6.52. The molecular weight excluding hydrogens is 264 g/mol. The molecule has 1 heterocycles. The van der Waals surface area contributed by atoms with Crippen molar-refractivity contribution in [3.63, 3.8) is 0 Å². The molecule has 118 valence electrons. The number of carbonyl (C=O) groups is 1. The standard InChI is InChI=1S/C17H28N2O2/c1-6-19(16(20)21-17(3,4)5)11-9-14(2)12-15-8-7-10-18-13-15/h7-8,10,13-14H,6,9,11-12H2,1-5H3. The van der Waals surface area contributed by atoms with Gasteiger partial charge in [-0.3, -0.25) is 4.98 Å². The molecule has 1 amide bonds. The first-order chi connectivity index (χ1) is 9.81. The van der Waals surface area contributed by atoms with Crippen molar-refractivity contribution >= 4 is 6.09 Å². The van der Waals surface area contributed by atoms with Crippen molar-refractivity contribution < 1.29 is 9.53 Å². The van der Waals surface area contributed by atoms with Crippen LogP contribution in [0.25, 0.3) is 0 Å². The van der Waals surface area contributed by atoms with E-state index in [4.69, 9.17) is 4.74 Å². The Bertz CT molecular complexity index is 426. The lowest BCUT2D eigenvalue weighted by Gasteiger charge is -2.27. The summed E-state index contributed by atoms with van der Waals surface area (Å²) in [5, 5.41) is 0.